The molecule has 1 atom stereocenters. The van der Waals surface area contributed by atoms with Gasteiger partial charge in [0.05, 0.1) is 19.1 Å². The predicted molar refractivity (Wildman–Crippen MR) is 83.3 cm³/mol. The second-order valence-corrected chi connectivity index (χ2v) is 4.99. The molecule has 2 aromatic rings. The SMILES string of the molecule is COC(=O)C(C(=O)OC)C(c1ccc([N+](=O)[O-])cc1)c1cc[nH]c1. The lowest BCUT2D eigenvalue weighted by atomic mass is 9.81. The normalized spacial score (nSPS) is 11.8. The largest absolute Gasteiger partial charge is 0.468 e. The summed E-state index contributed by atoms with van der Waals surface area (Å²) in [6.45, 7) is 0. The Bertz CT molecular complexity index is 708. The number of rotatable bonds is 6. The average molecular weight is 332 g/mol. The number of benzene rings is 1. The van der Waals surface area contributed by atoms with Crippen molar-refractivity contribution in [3.8, 4) is 0 Å². The molecule has 8 heteroatoms. The maximum absolute atomic E-state index is 12.2. The average Bonchev–Trinajstić information content (AvgIpc) is 3.12. The van der Waals surface area contributed by atoms with E-state index in [0.717, 1.165) is 0 Å². The molecule has 0 amide bonds. The van der Waals surface area contributed by atoms with Crippen molar-refractivity contribution in [2.24, 2.45) is 5.92 Å². The van der Waals surface area contributed by atoms with Crippen LogP contribution in [0.3, 0.4) is 0 Å². The van der Waals surface area contributed by atoms with Crippen LogP contribution in [0.4, 0.5) is 5.69 Å². The summed E-state index contributed by atoms with van der Waals surface area (Å²) in [5.41, 5.74) is 1.13. The topological polar surface area (TPSA) is 112 Å². The zero-order valence-corrected chi connectivity index (χ0v) is 13.1. The molecule has 1 heterocycles. The Balaban J connectivity index is 2.53. The third-order valence-corrected chi connectivity index (χ3v) is 3.69. The monoisotopic (exact) mass is 332 g/mol. The highest BCUT2D eigenvalue weighted by molar-refractivity contribution is 5.96. The van der Waals surface area contributed by atoms with Gasteiger partial charge in [0.15, 0.2) is 5.92 Å². The highest BCUT2D eigenvalue weighted by atomic mass is 16.6. The van der Waals surface area contributed by atoms with E-state index in [2.05, 4.69) is 4.98 Å². The lowest BCUT2D eigenvalue weighted by Gasteiger charge is -2.23. The molecule has 0 fully saturated rings. The molecule has 1 aromatic carbocycles. The first-order chi connectivity index (χ1) is 11.5. The van der Waals surface area contributed by atoms with Gasteiger partial charge in [-0.1, -0.05) is 12.1 Å². The number of nitrogens with zero attached hydrogens (tertiary/aromatic N) is 1. The molecule has 126 valence electrons. The smallest absolute Gasteiger partial charge is 0.321 e. The van der Waals surface area contributed by atoms with Crippen LogP contribution in [0.2, 0.25) is 0 Å². The molecular formula is C16H16N2O6. The number of carbonyl (C=O) groups is 2. The molecule has 1 N–H and O–H groups in total. The number of aromatic nitrogens is 1. The number of nitrogens with one attached hydrogen (secondary N) is 1. The maximum Gasteiger partial charge on any atom is 0.321 e. The number of nitro groups is 1. The van der Waals surface area contributed by atoms with E-state index in [-0.39, 0.29) is 5.69 Å². The van der Waals surface area contributed by atoms with Gasteiger partial charge < -0.3 is 14.5 Å². The first-order valence-electron chi connectivity index (χ1n) is 7.02. The van der Waals surface area contributed by atoms with Gasteiger partial charge in [-0.25, -0.2) is 0 Å². The van der Waals surface area contributed by atoms with Crippen LogP contribution in [0.5, 0.6) is 0 Å². The number of carbonyl (C=O) groups excluding carboxylic acids is 2. The van der Waals surface area contributed by atoms with Gasteiger partial charge in [0.2, 0.25) is 0 Å². The fourth-order valence-corrected chi connectivity index (χ4v) is 2.53. The summed E-state index contributed by atoms with van der Waals surface area (Å²) in [6.07, 6.45) is 3.30. The molecule has 1 unspecified atom stereocenters. The van der Waals surface area contributed by atoms with E-state index in [0.29, 0.717) is 11.1 Å². The molecule has 0 saturated carbocycles. The van der Waals surface area contributed by atoms with Crippen molar-refractivity contribution in [2.75, 3.05) is 14.2 Å². The standard InChI is InChI=1S/C16H16N2O6/c1-23-15(19)14(16(20)24-2)13(11-7-8-17-9-11)10-3-5-12(6-4-10)18(21)22/h3-9,13-14,17H,1-2H3. The van der Waals surface area contributed by atoms with Crippen molar-refractivity contribution in [2.45, 2.75) is 5.92 Å². The Morgan fingerprint density at radius 2 is 1.62 bits per heavy atom. The number of nitro benzene ring substituents is 1. The van der Waals surface area contributed by atoms with Crippen molar-refractivity contribution in [3.63, 3.8) is 0 Å². The fourth-order valence-electron chi connectivity index (χ4n) is 2.53. The number of hydrogen-bond donors (Lipinski definition) is 1. The van der Waals surface area contributed by atoms with Crippen molar-refractivity contribution in [3.05, 3.63) is 64.0 Å². The van der Waals surface area contributed by atoms with Gasteiger partial charge in [0, 0.05) is 30.4 Å². The summed E-state index contributed by atoms with van der Waals surface area (Å²) in [5, 5.41) is 10.8. The quantitative estimate of drug-likeness (QED) is 0.375. The Morgan fingerprint density at radius 1 is 1.04 bits per heavy atom. The molecule has 0 aliphatic heterocycles. The number of methoxy groups -OCH3 is 2. The highest BCUT2D eigenvalue weighted by Crippen LogP contribution is 2.34. The van der Waals surface area contributed by atoms with Crippen molar-refractivity contribution < 1.29 is 24.0 Å². The summed E-state index contributed by atoms with van der Waals surface area (Å²) in [7, 11) is 2.37. The molecule has 2 rings (SSSR count). The second-order valence-electron chi connectivity index (χ2n) is 4.99. The van der Waals surface area contributed by atoms with Gasteiger partial charge in [0.25, 0.3) is 5.69 Å². The number of aromatic amines is 1. The molecule has 0 spiro atoms. The van der Waals surface area contributed by atoms with Crippen LogP contribution in [0.25, 0.3) is 0 Å². The first-order valence-corrected chi connectivity index (χ1v) is 7.02. The van der Waals surface area contributed by atoms with Gasteiger partial charge in [-0.2, -0.15) is 0 Å². The molecule has 1 aromatic heterocycles. The van der Waals surface area contributed by atoms with Gasteiger partial charge >= 0.3 is 11.9 Å². The van der Waals surface area contributed by atoms with Crippen LogP contribution in [0.1, 0.15) is 17.0 Å². The van der Waals surface area contributed by atoms with Crippen molar-refractivity contribution in [1.82, 2.24) is 4.98 Å². The van der Waals surface area contributed by atoms with E-state index in [4.69, 9.17) is 9.47 Å². The van der Waals surface area contributed by atoms with E-state index in [9.17, 15) is 19.7 Å². The highest BCUT2D eigenvalue weighted by Gasteiger charge is 2.39. The number of H-pyrrole nitrogens is 1. The molecule has 0 bridgehead atoms. The Morgan fingerprint density at radius 3 is 2.04 bits per heavy atom. The van der Waals surface area contributed by atoms with Crippen LogP contribution >= 0.6 is 0 Å². The van der Waals surface area contributed by atoms with E-state index < -0.39 is 28.7 Å². The van der Waals surface area contributed by atoms with E-state index in [1.807, 2.05) is 0 Å². The molecular weight excluding hydrogens is 316 g/mol. The lowest BCUT2D eigenvalue weighted by molar-refractivity contribution is -0.384. The van der Waals surface area contributed by atoms with Crippen molar-refractivity contribution >= 4 is 17.6 Å². The second kappa shape index (κ2) is 7.40. The minimum absolute atomic E-state index is 0.0840. The number of hydrogen-bond acceptors (Lipinski definition) is 6. The summed E-state index contributed by atoms with van der Waals surface area (Å²) in [6, 6.07) is 7.37. The van der Waals surface area contributed by atoms with Gasteiger partial charge in [-0.05, 0) is 17.2 Å². The lowest BCUT2D eigenvalue weighted by Crippen LogP contribution is -2.32. The number of esters is 2. The number of non-ortho nitro benzene ring substituents is 1. The molecule has 0 aliphatic rings. The van der Waals surface area contributed by atoms with Gasteiger partial charge in [0.1, 0.15) is 0 Å². The molecule has 0 radical (unpaired) electrons. The number of ether oxygens (including phenoxy) is 2. The zero-order chi connectivity index (χ0) is 17.7. The molecule has 0 saturated heterocycles. The van der Waals surface area contributed by atoms with Crippen LogP contribution < -0.4 is 0 Å². The molecule has 0 aliphatic carbocycles. The summed E-state index contributed by atoms with van der Waals surface area (Å²) in [5.74, 6) is -3.41. The van der Waals surface area contributed by atoms with Gasteiger partial charge in [-0.3, -0.25) is 19.7 Å². The van der Waals surface area contributed by atoms with E-state index in [1.54, 1.807) is 18.5 Å². The predicted octanol–water partition coefficient (Wildman–Crippen LogP) is 2.02. The van der Waals surface area contributed by atoms with E-state index >= 15 is 0 Å². The minimum Gasteiger partial charge on any atom is -0.468 e. The minimum atomic E-state index is -1.22. The molecule has 24 heavy (non-hydrogen) atoms. The van der Waals surface area contributed by atoms with Crippen molar-refractivity contribution in [1.29, 1.82) is 0 Å². The summed E-state index contributed by atoms with van der Waals surface area (Å²) < 4.78 is 9.48. The third kappa shape index (κ3) is 3.43. The van der Waals surface area contributed by atoms with Crippen LogP contribution in [0.15, 0.2) is 42.7 Å². The third-order valence-electron chi connectivity index (χ3n) is 3.69. The summed E-state index contributed by atoms with van der Waals surface area (Å²) in [4.78, 5) is 37.5. The van der Waals surface area contributed by atoms with E-state index in [1.165, 1.54) is 38.5 Å². The molecule has 8 nitrogen and oxygen atoms in total. The maximum atomic E-state index is 12.2. The zero-order valence-electron chi connectivity index (χ0n) is 13.1. The Kier molecular flexibility index (Phi) is 5.31. The summed E-state index contributed by atoms with van der Waals surface area (Å²) >= 11 is 0. The van der Waals surface area contributed by atoms with Crippen LogP contribution in [-0.2, 0) is 19.1 Å². The van der Waals surface area contributed by atoms with Crippen LogP contribution in [-0.4, -0.2) is 36.1 Å². The Labute approximate surface area is 137 Å². The first kappa shape index (κ1) is 17.2. The van der Waals surface area contributed by atoms with Gasteiger partial charge in [-0.15, -0.1) is 0 Å². The van der Waals surface area contributed by atoms with Crippen LogP contribution in [0, 0.1) is 16.0 Å². The fraction of sp³-hybridized carbons (Fsp3) is 0.250. The Hall–Kier alpha value is -3.16.